The van der Waals surface area contributed by atoms with Crippen LogP contribution in [0.5, 0.6) is 5.75 Å². The van der Waals surface area contributed by atoms with Crippen LogP contribution in [-0.2, 0) is 6.18 Å². The van der Waals surface area contributed by atoms with E-state index in [1.807, 2.05) is 24.3 Å². The van der Waals surface area contributed by atoms with Crippen LogP contribution in [0.4, 0.5) is 13.2 Å². The van der Waals surface area contributed by atoms with E-state index in [9.17, 15) is 18.0 Å². The minimum Gasteiger partial charge on any atom is -0.492 e. The summed E-state index contributed by atoms with van der Waals surface area (Å²) in [7, 11) is 0. The number of carbonyl (C=O) groups excluding carboxylic acids is 1. The molecule has 0 N–H and O–H groups in total. The number of Topliss-reactive ketones (excluding diaryl/α,β-unsaturated/α-hetero) is 1. The van der Waals surface area contributed by atoms with Gasteiger partial charge >= 0.3 is 6.18 Å². The fourth-order valence-corrected chi connectivity index (χ4v) is 5.47. The zero-order valence-electron chi connectivity index (χ0n) is 18.0. The first-order valence-electron chi connectivity index (χ1n) is 11.1. The minimum atomic E-state index is -4.31. The third-order valence-electron chi connectivity index (χ3n) is 6.46. The molecule has 2 heterocycles. The maximum absolute atomic E-state index is 12.9. The summed E-state index contributed by atoms with van der Waals surface area (Å²) in [6.07, 6.45) is -3.00. The number of ether oxygens (including phenoxy) is 1. The highest BCUT2D eigenvalue weighted by atomic mass is 32.2. The standard InChI is InChI=1S/C26H24F3NO2S/c27-26(28,29)22-5-3-17(4-6-22)20-7-9-30(16-20)10-8-23(31)19-2-1-18-14-24-25(15-21(18)13-19)33-12-11-32-24/h1-6,13-15,20H,7-12,16H2. The summed E-state index contributed by atoms with van der Waals surface area (Å²) in [4.78, 5) is 16.2. The molecule has 0 spiro atoms. The summed E-state index contributed by atoms with van der Waals surface area (Å²) >= 11 is 1.77. The van der Waals surface area contributed by atoms with Gasteiger partial charge in [0.2, 0.25) is 0 Å². The molecule has 33 heavy (non-hydrogen) atoms. The van der Waals surface area contributed by atoms with Gasteiger partial charge in [-0.15, -0.1) is 11.8 Å². The Labute approximate surface area is 194 Å². The third-order valence-corrected chi connectivity index (χ3v) is 7.46. The largest absolute Gasteiger partial charge is 0.492 e. The highest BCUT2D eigenvalue weighted by molar-refractivity contribution is 7.99. The molecule has 1 unspecified atom stereocenters. The Hall–Kier alpha value is -2.51. The molecule has 1 fully saturated rings. The van der Waals surface area contributed by atoms with Crippen LogP contribution in [0.15, 0.2) is 59.5 Å². The molecule has 3 aromatic carbocycles. The van der Waals surface area contributed by atoms with E-state index in [-0.39, 0.29) is 11.7 Å². The second-order valence-electron chi connectivity index (χ2n) is 8.64. The zero-order chi connectivity index (χ0) is 23.0. The number of carbonyl (C=O) groups is 1. The topological polar surface area (TPSA) is 29.5 Å². The molecule has 0 radical (unpaired) electrons. The molecule has 0 saturated carbocycles. The third kappa shape index (κ3) is 4.89. The number of likely N-dealkylation sites (tertiary alicyclic amines) is 1. The molecule has 5 rings (SSSR count). The van der Waals surface area contributed by atoms with Crippen molar-refractivity contribution in [2.75, 3.05) is 32.0 Å². The second-order valence-corrected chi connectivity index (χ2v) is 9.77. The van der Waals surface area contributed by atoms with Crippen molar-refractivity contribution in [3.63, 3.8) is 0 Å². The Bertz CT molecular complexity index is 1180. The molecule has 3 aromatic rings. The van der Waals surface area contributed by atoms with Crippen LogP contribution >= 0.6 is 11.8 Å². The maximum atomic E-state index is 12.9. The Kier molecular flexibility index (Phi) is 6.10. The van der Waals surface area contributed by atoms with E-state index in [4.69, 9.17) is 4.74 Å². The van der Waals surface area contributed by atoms with Crippen LogP contribution in [0, 0.1) is 0 Å². The van der Waals surface area contributed by atoms with Crippen molar-refractivity contribution >= 4 is 28.3 Å². The Balaban J connectivity index is 1.19. The number of thioether (sulfide) groups is 1. The van der Waals surface area contributed by atoms with Crippen molar-refractivity contribution in [3.05, 3.63) is 71.3 Å². The van der Waals surface area contributed by atoms with Gasteiger partial charge in [-0.1, -0.05) is 24.3 Å². The van der Waals surface area contributed by atoms with Crippen molar-refractivity contribution in [3.8, 4) is 5.75 Å². The molecule has 0 amide bonds. The lowest BCUT2D eigenvalue weighted by atomic mass is 9.97. The van der Waals surface area contributed by atoms with Gasteiger partial charge in [-0.3, -0.25) is 4.79 Å². The summed E-state index contributed by atoms with van der Waals surface area (Å²) in [5.74, 6) is 2.15. The Morgan fingerprint density at radius 3 is 2.67 bits per heavy atom. The minimum absolute atomic E-state index is 0.108. The van der Waals surface area contributed by atoms with Gasteiger partial charge in [-0.2, -0.15) is 13.2 Å². The lowest BCUT2D eigenvalue weighted by Gasteiger charge is -2.18. The van der Waals surface area contributed by atoms with E-state index in [2.05, 4.69) is 11.0 Å². The molecule has 0 aromatic heterocycles. The molecule has 1 atom stereocenters. The zero-order valence-corrected chi connectivity index (χ0v) is 18.8. The summed E-state index contributed by atoms with van der Waals surface area (Å²) in [5, 5.41) is 2.10. The molecule has 172 valence electrons. The van der Waals surface area contributed by atoms with E-state index in [1.165, 1.54) is 0 Å². The summed E-state index contributed by atoms with van der Waals surface area (Å²) in [5.41, 5.74) is 1.02. The molecular weight excluding hydrogens is 447 g/mol. The number of fused-ring (bicyclic) bond motifs is 2. The summed E-state index contributed by atoms with van der Waals surface area (Å²) in [6.45, 7) is 2.98. The number of rotatable bonds is 5. The molecule has 7 heteroatoms. The first kappa shape index (κ1) is 22.3. The average molecular weight is 472 g/mol. The van der Waals surface area contributed by atoms with Crippen molar-refractivity contribution in [2.24, 2.45) is 0 Å². The predicted octanol–water partition coefficient (Wildman–Crippen LogP) is 6.41. The van der Waals surface area contributed by atoms with Gasteiger partial charge in [0.25, 0.3) is 0 Å². The molecular formula is C26H24F3NO2S. The summed E-state index contributed by atoms with van der Waals surface area (Å²) in [6, 6.07) is 15.4. The fourth-order valence-electron chi connectivity index (χ4n) is 4.61. The number of alkyl halides is 3. The average Bonchev–Trinajstić information content (AvgIpc) is 3.29. The lowest BCUT2D eigenvalue weighted by Crippen LogP contribution is -2.23. The Morgan fingerprint density at radius 2 is 1.88 bits per heavy atom. The first-order chi connectivity index (χ1) is 15.9. The van der Waals surface area contributed by atoms with Crippen molar-refractivity contribution in [1.29, 1.82) is 0 Å². The van der Waals surface area contributed by atoms with Gasteiger partial charge in [0.15, 0.2) is 5.78 Å². The van der Waals surface area contributed by atoms with Crippen LogP contribution in [0.25, 0.3) is 10.8 Å². The van der Waals surface area contributed by atoms with Crippen LogP contribution in [-0.4, -0.2) is 42.7 Å². The number of ketones is 1. The van der Waals surface area contributed by atoms with Gasteiger partial charge in [0, 0.05) is 30.8 Å². The van der Waals surface area contributed by atoms with E-state index in [1.54, 1.807) is 23.9 Å². The van der Waals surface area contributed by atoms with Gasteiger partial charge in [-0.25, -0.2) is 0 Å². The van der Waals surface area contributed by atoms with Crippen molar-refractivity contribution in [1.82, 2.24) is 4.90 Å². The smallest absolute Gasteiger partial charge is 0.416 e. The van der Waals surface area contributed by atoms with Crippen LogP contribution in [0.2, 0.25) is 0 Å². The van der Waals surface area contributed by atoms with Crippen molar-refractivity contribution in [2.45, 2.75) is 29.8 Å². The van der Waals surface area contributed by atoms with E-state index >= 15 is 0 Å². The lowest BCUT2D eigenvalue weighted by molar-refractivity contribution is -0.137. The Morgan fingerprint density at radius 1 is 1.06 bits per heavy atom. The number of benzene rings is 3. The van der Waals surface area contributed by atoms with Gasteiger partial charge in [0.05, 0.1) is 17.1 Å². The second kappa shape index (κ2) is 9.03. The first-order valence-corrected chi connectivity index (χ1v) is 12.1. The maximum Gasteiger partial charge on any atom is 0.416 e. The highest BCUT2D eigenvalue weighted by Crippen LogP contribution is 2.37. The van der Waals surface area contributed by atoms with E-state index in [0.717, 1.165) is 71.0 Å². The van der Waals surface area contributed by atoms with Gasteiger partial charge in [0.1, 0.15) is 5.75 Å². The molecule has 1 saturated heterocycles. The fraction of sp³-hybridized carbons (Fsp3) is 0.346. The molecule has 2 aliphatic rings. The summed E-state index contributed by atoms with van der Waals surface area (Å²) < 4.78 is 44.1. The number of hydrogen-bond acceptors (Lipinski definition) is 4. The predicted molar refractivity (Wildman–Crippen MR) is 124 cm³/mol. The highest BCUT2D eigenvalue weighted by Gasteiger charge is 2.31. The van der Waals surface area contributed by atoms with E-state index in [0.29, 0.717) is 18.5 Å². The van der Waals surface area contributed by atoms with Crippen LogP contribution < -0.4 is 4.74 Å². The molecule has 0 bridgehead atoms. The van der Waals surface area contributed by atoms with E-state index < -0.39 is 11.7 Å². The van der Waals surface area contributed by atoms with Crippen LogP contribution in [0.1, 0.15) is 40.2 Å². The SMILES string of the molecule is O=C(CCN1CCC(c2ccc(C(F)(F)F)cc2)C1)c1ccc2cc3c(cc2c1)SCCO3. The van der Waals surface area contributed by atoms with Gasteiger partial charge < -0.3 is 9.64 Å². The number of hydrogen-bond donors (Lipinski definition) is 0. The molecule has 2 aliphatic heterocycles. The van der Waals surface area contributed by atoms with Gasteiger partial charge in [-0.05, 0) is 65.6 Å². The molecule has 0 aliphatic carbocycles. The monoisotopic (exact) mass is 471 g/mol. The number of nitrogens with zero attached hydrogens (tertiary/aromatic N) is 1. The quantitative estimate of drug-likeness (QED) is 0.403. The van der Waals surface area contributed by atoms with Crippen molar-refractivity contribution < 1.29 is 22.7 Å². The van der Waals surface area contributed by atoms with Crippen LogP contribution in [0.3, 0.4) is 0 Å². The normalized spacial score (nSPS) is 18.8. The number of halogens is 3. The molecule has 3 nitrogen and oxygen atoms in total.